The first-order valence-corrected chi connectivity index (χ1v) is 1.98. The van der Waals surface area contributed by atoms with Crippen molar-refractivity contribution in [1.82, 2.24) is 0 Å². The van der Waals surface area contributed by atoms with E-state index in [9.17, 15) is 14.0 Å². The highest BCUT2D eigenvalue weighted by atomic mass is 19.1. The summed E-state index contributed by atoms with van der Waals surface area (Å²) in [6.45, 7) is 0. The quantitative estimate of drug-likeness (QED) is 0.568. The summed E-state index contributed by atoms with van der Waals surface area (Å²) in [5, 5.41) is 15.8. The Balaban J connectivity index is 4.07. The topological polar surface area (TPSA) is 74.6 Å². The summed E-state index contributed by atoms with van der Waals surface area (Å²) >= 11 is 0. The molecule has 0 aromatic rings. The van der Waals surface area contributed by atoms with Gasteiger partial charge in [-0.15, -0.1) is 0 Å². The number of halogens is 1. The smallest absolute Gasteiger partial charge is 0.338 e. The minimum absolute atomic E-state index is 1.78. The van der Waals surface area contributed by atoms with Crippen LogP contribution in [-0.2, 0) is 9.59 Å². The third-order valence-electron chi connectivity index (χ3n) is 0.525. The van der Waals surface area contributed by atoms with Gasteiger partial charge in [-0.1, -0.05) is 0 Å². The van der Waals surface area contributed by atoms with Gasteiger partial charge in [-0.25, -0.2) is 9.18 Å². The fourth-order valence-electron chi connectivity index (χ4n) is 0.196. The molecule has 0 aliphatic heterocycles. The first-order chi connectivity index (χ1) is 4.46. The van der Waals surface area contributed by atoms with Crippen molar-refractivity contribution in [3.63, 3.8) is 0 Å². The van der Waals surface area contributed by atoms with Crippen LogP contribution in [0.25, 0.3) is 0 Å². The van der Waals surface area contributed by atoms with Crippen molar-refractivity contribution < 1.29 is 25.6 Å². The Morgan fingerprint density at radius 3 is 2.22 bits per heavy atom. The first kappa shape index (κ1) is 6.00. The summed E-state index contributed by atoms with van der Waals surface area (Å²) in [6, 6.07) is 0. The summed E-state index contributed by atoms with van der Waals surface area (Å²) in [6.07, 6.45) is -4.89. The van der Waals surface area contributed by atoms with Crippen LogP contribution in [0.15, 0.2) is 0 Å². The number of carboxylic acids is 2. The number of aliphatic carboxylic acids is 2. The molecule has 0 spiro atoms. The van der Waals surface area contributed by atoms with Gasteiger partial charge in [-0.2, -0.15) is 0 Å². The molecule has 0 bridgehead atoms. The van der Waals surface area contributed by atoms with E-state index in [2.05, 4.69) is 0 Å². The zero-order valence-electron chi connectivity index (χ0n) is 5.24. The van der Waals surface area contributed by atoms with Crippen molar-refractivity contribution in [2.75, 3.05) is 0 Å². The average Bonchev–Trinajstić information content (AvgIpc) is 1.84. The molecular weight excluding hydrogens is 131 g/mol. The van der Waals surface area contributed by atoms with Crippen molar-refractivity contribution >= 4 is 11.9 Å². The lowest BCUT2D eigenvalue weighted by molar-refractivity contribution is -0.149. The highest BCUT2D eigenvalue weighted by Crippen LogP contribution is 1.96. The summed E-state index contributed by atoms with van der Waals surface area (Å²) in [7, 11) is 0. The molecule has 0 fully saturated rings. The normalized spacial score (nSPS) is 17.7. The van der Waals surface area contributed by atoms with Crippen molar-refractivity contribution in [2.24, 2.45) is 0 Å². The molecule has 0 rings (SSSR count). The van der Waals surface area contributed by atoms with E-state index in [0.29, 0.717) is 0 Å². The largest absolute Gasteiger partial charge is 0.481 e. The predicted octanol–water partition coefficient (Wildman–Crippen LogP) is -0.116. The van der Waals surface area contributed by atoms with E-state index >= 15 is 0 Å². The number of hydrogen-bond donors (Lipinski definition) is 2. The van der Waals surface area contributed by atoms with Crippen LogP contribution >= 0.6 is 0 Å². The molecule has 5 heteroatoms. The maximum atomic E-state index is 12.0. The van der Waals surface area contributed by atoms with Crippen LogP contribution in [0, 0.1) is 0 Å². The molecule has 52 valence electrons. The van der Waals surface area contributed by atoms with Gasteiger partial charge in [0.15, 0.2) is 0 Å². The standard InChI is InChI=1S/C4H5FO4/c5-2(4(8)9)1-3(6)7/h2H,1H2,(H,6,7)(H,8,9)/t2-/m1/s1/i1D/t1-,2+/m0. The molecule has 0 saturated heterocycles. The monoisotopic (exact) mass is 137 g/mol. The summed E-state index contributed by atoms with van der Waals surface area (Å²) in [5.41, 5.74) is 0. The number of alkyl halides is 1. The minimum Gasteiger partial charge on any atom is -0.481 e. The lowest BCUT2D eigenvalue weighted by Crippen LogP contribution is -2.18. The lowest BCUT2D eigenvalue weighted by atomic mass is 10.3. The van der Waals surface area contributed by atoms with Gasteiger partial charge in [0.05, 0.1) is 6.40 Å². The molecule has 0 amide bonds. The number of carbonyl (C=O) groups is 2. The minimum atomic E-state index is -2.66. The molecule has 0 heterocycles. The molecule has 0 radical (unpaired) electrons. The fraction of sp³-hybridized carbons (Fsp3) is 0.500. The number of hydrogen-bond acceptors (Lipinski definition) is 2. The second kappa shape index (κ2) is 3.01. The van der Waals surface area contributed by atoms with Crippen LogP contribution in [0.5, 0.6) is 0 Å². The molecule has 0 unspecified atom stereocenters. The van der Waals surface area contributed by atoms with Gasteiger partial charge in [-0.05, 0) is 0 Å². The van der Waals surface area contributed by atoms with Crippen molar-refractivity contribution in [3.8, 4) is 0 Å². The number of rotatable bonds is 3. The zero-order valence-corrected chi connectivity index (χ0v) is 4.24. The van der Waals surface area contributed by atoms with Crippen LogP contribution in [0.4, 0.5) is 4.39 Å². The van der Waals surface area contributed by atoms with E-state index in [1.807, 2.05) is 0 Å². The predicted molar refractivity (Wildman–Crippen MR) is 24.8 cm³/mol. The Kier molecular flexibility index (Phi) is 2.00. The molecule has 0 aliphatic rings. The zero-order chi connectivity index (χ0) is 8.31. The average molecular weight is 137 g/mol. The Hall–Kier alpha value is -1.13. The molecule has 2 N–H and O–H groups in total. The van der Waals surface area contributed by atoms with Crippen molar-refractivity contribution in [3.05, 3.63) is 0 Å². The molecule has 0 aromatic heterocycles. The van der Waals surface area contributed by atoms with Gasteiger partial charge < -0.3 is 10.2 Å². The molecule has 0 aromatic carbocycles. The van der Waals surface area contributed by atoms with Crippen LogP contribution in [0.3, 0.4) is 0 Å². The molecule has 2 atom stereocenters. The Labute approximate surface area is 51.3 Å². The number of carboxylic acid groups (broad SMARTS) is 2. The first-order valence-electron chi connectivity index (χ1n) is 2.56. The van der Waals surface area contributed by atoms with E-state index in [0.717, 1.165) is 0 Å². The van der Waals surface area contributed by atoms with E-state index in [4.69, 9.17) is 11.6 Å². The van der Waals surface area contributed by atoms with Crippen molar-refractivity contribution in [1.29, 1.82) is 0 Å². The maximum absolute atomic E-state index is 12.0. The fourth-order valence-corrected chi connectivity index (χ4v) is 0.196. The van der Waals surface area contributed by atoms with Gasteiger partial charge in [-0.3, -0.25) is 4.79 Å². The summed E-state index contributed by atoms with van der Waals surface area (Å²) in [4.78, 5) is 19.4. The highest BCUT2D eigenvalue weighted by molar-refractivity contribution is 5.79. The van der Waals surface area contributed by atoms with E-state index in [-0.39, 0.29) is 0 Å². The second-order valence-corrected chi connectivity index (χ2v) is 1.24. The van der Waals surface area contributed by atoms with Gasteiger partial charge in [0, 0.05) is 1.37 Å². The Bertz CT molecular complexity index is 141. The van der Waals surface area contributed by atoms with E-state index < -0.39 is 24.5 Å². The molecule has 4 nitrogen and oxygen atoms in total. The Morgan fingerprint density at radius 2 is 2.11 bits per heavy atom. The molecule has 0 saturated carbocycles. The molecular formula is C4H5FO4. The van der Waals surface area contributed by atoms with E-state index in [1.54, 1.807) is 0 Å². The third-order valence-corrected chi connectivity index (χ3v) is 0.525. The van der Waals surface area contributed by atoms with Crippen LogP contribution in [-0.4, -0.2) is 28.3 Å². The van der Waals surface area contributed by atoms with Gasteiger partial charge in [0.2, 0.25) is 6.17 Å². The van der Waals surface area contributed by atoms with Crippen LogP contribution in [0.2, 0.25) is 0 Å². The third kappa shape index (κ3) is 3.45. The Morgan fingerprint density at radius 1 is 1.67 bits per heavy atom. The van der Waals surface area contributed by atoms with Crippen LogP contribution in [0.1, 0.15) is 7.77 Å². The highest BCUT2D eigenvalue weighted by Gasteiger charge is 2.18. The van der Waals surface area contributed by atoms with Gasteiger partial charge in [0.1, 0.15) is 0 Å². The van der Waals surface area contributed by atoms with Crippen LogP contribution < -0.4 is 0 Å². The maximum Gasteiger partial charge on any atom is 0.338 e. The second-order valence-electron chi connectivity index (χ2n) is 1.24. The van der Waals surface area contributed by atoms with Gasteiger partial charge in [0.25, 0.3) is 0 Å². The molecule has 9 heavy (non-hydrogen) atoms. The lowest BCUT2D eigenvalue weighted by Gasteiger charge is -1.94. The van der Waals surface area contributed by atoms with Crippen molar-refractivity contribution in [2.45, 2.75) is 12.6 Å². The summed E-state index contributed by atoms with van der Waals surface area (Å²) < 4.78 is 18.4. The molecule has 0 aliphatic carbocycles. The van der Waals surface area contributed by atoms with E-state index in [1.165, 1.54) is 0 Å². The summed E-state index contributed by atoms with van der Waals surface area (Å²) in [5.74, 6) is -3.71. The SMILES string of the molecule is [2H][C@H](C(=O)O)[C@@H](F)C(=O)O. The van der Waals surface area contributed by atoms with Gasteiger partial charge >= 0.3 is 11.9 Å².